The SMILES string of the molecule is CN(C)Cc1ccc(NC(c2cccs2)C2CC2)cc1. The van der Waals surface area contributed by atoms with Crippen LogP contribution in [0.25, 0.3) is 0 Å². The van der Waals surface area contributed by atoms with Gasteiger partial charge in [-0.05, 0) is 62.0 Å². The van der Waals surface area contributed by atoms with Crippen LogP contribution < -0.4 is 5.32 Å². The van der Waals surface area contributed by atoms with Crippen molar-refractivity contribution < 1.29 is 0 Å². The topological polar surface area (TPSA) is 15.3 Å². The largest absolute Gasteiger partial charge is 0.377 e. The molecule has 106 valence electrons. The van der Waals surface area contributed by atoms with E-state index in [-0.39, 0.29) is 0 Å². The van der Waals surface area contributed by atoms with Crippen LogP contribution >= 0.6 is 11.3 Å². The van der Waals surface area contributed by atoms with Gasteiger partial charge >= 0.3 is 0 Å². The standard InChI is InChI=1S/C17H22N2S/c1-19(2)12-13-5-9-15(10-6-13)18-17(14-7-8-14)16-4-3-11-20-16/h3-6,9-11,14,17-18H,7-8,12H2,1-2H3. The maximum Gasteiger partial charge on any atom is 0.0634 e. The lowest BCUT2D eigenvalue weighted by Crippen LogP contribution is -2.12. The van der Waals surface area contributed by atoms with E-state index in [9.17, 15) is 0 Å². The molecule has 0 saturated heterocycles. The van der Waals surface area contributed by atoms with E-state index in [1.165, 1.54) is 29.0 Å². The van der Waals surface area contributed by atoms with Gasteiger partial charge in [-0.2, -0.15) is 0 Å². The molecule has 1 aliphatic carbocycles. The minimum Gasteiger partial charge on any atom is -0.377 e. The molecule has 1 unspecified atom stereocenters. The van der Waals surface area contributed by atoms with Gasteiger partial charge in [0.2, 0.25) is 0 Å². The van der Waals surface area contributed by atoms with E-state index in [1.807, 2.05) is 11.3 Å². The van der Waals surface area contributed by atoms with E-state index in [1.54, 1.807) is 0 Å². The van der Waals surface area contributed by atoms with Crippen molar-refractivity contribution in [2.45, 2.75) is 25.4 Å². The van der Waals surface area contributed by atoms with Gasteiger partial charge in [0.15, 0.2) is 0 Å². The van der Waals surface area contributed by atoms with Gasteiger partial charge in [-0.15, -0.1) is 11.3 Å². The average Bonchev–Trinajstić information content (AvgIpc) is 3.12. The van der Waals surface area contributed by atoms with E-state index >= 15 is 0 Å². The minimum atomic E-state index is 0.495. The first-order valence-corrected chi connectivity index (χ1v) is 8.14. The van der Waals surface area contributed by atoms with Crippen LogP contribution in [-0.2, 0) is 6.54 Å². The zero-order chi connectivity index (χ0) is 13.9. The van der Waals surface area contributed by atoms with Crippen LogP contribution in [0.5, 0.6) is 0 Å². The molecule has 20 heavy (non-hydrogen) atoms. The first-order chi connectivity index (χ1) is 9.72. The van der Waals surface area contributed by atoms with Gasteiger partial charge in [-0.3, -0.25) is 0 Å². The molecule has 0 aliphatic heterocycles. The summed E-state index contributed by atoms with van der Waals surface area (Å²) in [5.41, 5.74) is 2.59. The zero-order valence-electron chi connectivity index (χ0n) is 12.2. The fourth-order valence-corrected chi connectivity index (χ4v) is 3.44. The van der Waals surface area contributed by atoms with Gasteiger partial charge in [-0.1, -0.05) is 18.2 Å². The van der Waals surface area contributed by atoms with Crippen molar-refractivity contribution in [2.75, 3.05) is 19.4 Å². The summed E-state index contributed by atoms with van der Waals surface area (Å²) >= 11 is 1.86. The van der Waals surface area contributed by atoms with Gasteiger partial charge in [0, 0.05) is 17.1 Å². The Kier molecular flexibility index (Phi) is 4.08. The van der Waals surface area contributed by atoms with Crippen molar-refractivity contribution in [1.29, 1.82) is 0 Å². The first kappa shape index (κ1) is 13.7. The molecule has 1 N–H and O–H groups in total. The van der Waals surface area contributed by atoms with E-state index in [4.69, 9.17) is 0 Å². The van der Waals surface area contributed by atoms with Gasteiger partial charge in [0.25, 0.3) is 0 Å². The molecule has 2 nitrogen and oxygen atoms in total. The fraction of sp³-hybridized carbons (Fsp3) is 0.412. The molecule has 1 fully saturated rings. The van der Waals surface area contributed by atoms with Crippen LogP contribution in [0, 0.1) is 5.92 Å². The second kappa shape index (κ2) is 5.98. The van der Waals surface area contributed by atoms with Crippen molar-refractivity contribution in [3.63, 3.8) is 0 Å². The third-order valence-electron chi connectivity index (χ3n) is 3.72. The molecule has 2 aromatic rings. The summed E-state index contributed by atoms with van der Waals surface area (Å²) in [7, 11) is 4.21. The molecule has 0 amide bonds. The lowest BCUT2D eigenvalue weighted by Gasteiger charge is -2.19. The van der Waals surface area contributed by atoms with Crippen molar-refractivity contribution in [1.82, 2.24) is 4.90 Å². The second-order valence-electron chi connectivity index (χ2n) is 5.91. The molecule has 1 heterocycles. The van der Waals surface area contributed by atoms with Crippen LogP contribution in [0.2, 0.25) is 0 Å². The van der Waals surface area contributed by atoms with Crippen LogP contribution in [0.15, 0.2) is 41.8 Å². The van der Waals surface area contributed by atoms with Crippen molar-refractivity contribution in [2.24, 2.45) is 5.92 Å². The summed E-state index contributed by atoms with van der Waals surface area (Å²) in [6.45, 7) is 0.997. The molecule has 1 aromatic heterocycles. The molecule has 0 radical (unpaired) electrons. The molecule has 3 heteroatoms. The normalized spacial score (nSPS) is 16.4. The van der Waals surface area contributed by atoms with E-state index < -0.39 is 0 Å². The molecule has 1 saturated carbocycles. The van der Waals surface area contributed by atoms with E-state index in [0.29, 0.717) is 6.04 Å². The highest BCUT2D eigenvalue weighted by molar-refractivity contribution is 7.10. The highest BCUT2D eigenvalue weighted by atomic mass is 32.1. The predicted octanol–water partition coefficient (Wildman–Crippen LogP) is 4.37. The number of anilines is 1. The fourth-order valence-electron chi connectivity index (χ4n) is 2.57. The molecular formula is C17H22N2S. The van der Waals surface area contributed by atoms with Gasteiger partial charge in [0.1, 0.15) is 0 Å². The van der Waals surface area contributed by atoms with Gasteiger partial charge in [0.05, 0.1) is 6.04 Å². The highest BCUT2D eigenvalue weighted by Crippen LogP contribution is 2.44. The zero-order valence-corrected chi connectivity index (χ0v) is 13.0. The Morgan fingerprint density at radius 1 is 1.20 bits per heavy atom. The average molecular weight is 286 g/mol. The molecular weight excluding hydrogens is 264 g/mol. The first-order valence-electron chi connectivity index (χ1n) is 7.26. The Morgan fingerprint density at radius 3 is 2.50 bits per heavy atom. The molecule has 1 aliphatic rings. The predicted molar refractivity (Wildman–Crippen MR) is 87.2 cm³/mol. The molecule has 3 rings (SSSR count). The van der Waals surface area contributed by atoms with Crippen molar-refractivity contribution in [3.05, 3.63) is 52.2 Å². The molecule has 0 bridgehead atoms. The third-order valence-corrected chi connectivity index (χ3v) is 4.67. The number of hydrogen-bond donors (Lipinski definition) is 1. The maximum absolute atomic E-state index is 3.72. The number of hydrogen-bond acceptors (Lipinski definition) is 3. The van der Waals surface area contributed by atoms with Crippen LogP contribution in [0.4, 0.5) is 5.69 Å². The number of thiophene rings is 1. The second-order valence-corrected chi connectivity index (χ2v) is 6.89. The Labute approximate surface area is 125 Å². The minimum absolute atomic E-state index is 0.495. The molecule has 0 spiro atoms. The summed E-state index contributed by atoms with van der Waals surface area (Å²) in [6, 6.07) is 13.8. The Balaban J connectivity index is 1.69. The van der Waals surface area contributed by atoms with Gasteiger partial charge < -0.3 is 10.2 Å². The summed E-state index contributed by atoms with van der Waals surface area (Å²) in [5.74, 6) is 0.815. The molecule has 1 aromatic carbocycles. The Hall–Kier alpha value is -1.32. The van der Waals surface area contributed by atoms with Crippen molar-refractivity contribution in [3.8, 4) is 0 Å². The Morgan fingerprint density at radius 2 is 1.95 bits per heavy atom. The van der Waals surface area contributed by atoms with Crippen LogP contribution in [-0.4, -0.2) is 19.0 Å². The van der Waals surface area contributed by atoms with Crippen LogP contribution in [0.3, 0.4) is 0 Å². The maximum atomic E-state index is 3.72. The number of nitrogens with one attached hydrogen (secondary N) is 1. The summed E-state index contributed by atoms with van der Waals surface area (Å²) in [4.78, 5) is 3.66. The highest BCUT2D eigenvalue weighted by Gasteiger charge is 2.32. The van der Waals surface area contributed by atoms with Crippen LogP contribution in [0.1, 0.15) is 29.3 Å². The lowest BCUT2D eigenvalue weighted by atomic mass is 10.1. The summed E-state index contributed by atoms with van der Waals surface area (Å²) in [6.07, 6.45) is 2.71. The van der Waals surface area contributed by atoms with Gasteiger partial charge in [-0.25, -0.2) is 0 Å². The number of rotatable bonds is 6. The summed E-state index contributed by atoms with van der Waals surface area (Å²) in [5, 5.41) is 5.89. The Bertz CT molecular complexity index is 527. The number of benzene rings is 1. The molecule has 1 atom stereocenters. The monoisotopic (exact) mass is 286 g/mol. The quantitative estimate of drug-likeness (QED) is 0.848. The summed E-state index contributed by atoms with van der Waals surface area (Å²) < 4.78 is 0. The number of nitrogens with zero attached hydrogens (tertiary/aromatic N) is 1. The smallest absolute Gasteiger partial charge is 0.0634 e. The third kappa shape index (κ3) is 3.41. The lowest BCUT2D eigenvalue weighted by molar-refractivity contribution is 0.402. The van der Waals surface area contributed by atoms with E-state index in [2.05, 4.69) is 66.1 Å². The van der Waals surface area contributed by atoms with E-state index in [0.717, 1.165) is 12.5 Å². The van der Waals surface area contributed by atoms with Crippen molar-refractivity contribution >= 4 is 17.0 Å².